The van der Waals surface area contributed by atoms with Crippen molar-refractivity contribution in [2.75, 3.05) is 18.4 Å². The minimum Gasteiger partial charge on any atom is -0.478 e. The molecule has 3 amide bonds. The normalized spacial score (nSPS) is 18.5. The monoisotopic (exact) mass is 600 g/mol. The van der Waals surface area contributed by atoms with Crippen molar-refractivity contribution < 1.29 is 29.0 Å². The number of carbonyl (C=O) groups excluding carboxylic acids is 3. The van der Waals surface area contributed by atoms with Gasteiger partial charge in [-0.1, -0.05) is 41.9 Å². The van der Waals surface area contributed by atoms with Crippen molar-refractivity contribution in [3.8, 4) is 0 Å². The number of ether oxygens (including phenoxy) is 1. The molecule has 0 bridgehead atoms. The Hall–Kier alpha value is -4.83. The first-order valence-electron chi connectivity index (χ1n) is 13.9. The molecule has 1 saturated heterocycles. The molecule has 4 aromatic rings. The number of H-pyrrole nitrogens is 1. The number of halogens is 1. The number of hydrogen-bond acceptors (Lipinski definition) is 5. The molecular formula is C32H29ClN4O6. The summed E-state index contributed by atoms with van der Waals surface area (Å²) in [4.78, 5) is 56.8. The molecule has 4 N–H and O–H groups in total. The molecule has 11 heteroatoms. The van der Waals surface area contributed by atoms with Crippen LogP contribution in [0.3, 0.4) is 0 Å². The third-order valence-electron chi connectivity index (χ3n) is 8.11. The third-order valence-corrected chi connectivity index (χ3v) is 8.35. The smallest absolute Gasteiger partial charge is 0.412 e. The molecule has 0 saturated carbocycles. The molecular weight excluding hydrogens is 572 g/mol. The van der Waals surface area contributed by atoms with Crippen molar-refractivity contribution in [1.82, 2.24) is 15.2 Å². The number of piperidine rings is 1. The summed E-state index contributed by atoms with van der Waals surface area (Å²) in [6.45, 7) is 2.18. The summed E-state index contributed by atoms with van der Waals surface area (Å²) in [6, 6.07) is 18.3. The SMILES string of the molecule is Cc1[nH]c2ccc(C(=O)N[C@@H](Cc3ccccc3)C(=O)N3CCCC4(C3)OC(=O)Nc3ccc(Cl)cc34)cc2c1C(=O)O. The summed E-state index contributed by atoms with van der Waals surface area (Å²) in [5, 5.41) is 16.2. The minimum absolute atomic E-state index is 0.0945. The number of anilines is 1. The molecule has 0 aliphatic carbocycles. The van der Waals surface area contributed by atoms with E-state index in [0.29, 0.717) is 52.3 Å². The Morgan fingerprint density at radius 2 is 1.91 bits per heavy atom. The van der Waals surface area contributed by atoms with Gasteiger partial charge in [0.2, 0.25) is 5.91 Å². The summed E-state index contributed by atoms with van der Waals surface area (Å²) in [5.41, 5.74) is 2.45. The molecule has 2 aliphatic heterocycles. The molecule has 3 heterocycles. The molecule has 1 aromatic heterocycles. The van der Waals surface area contributed by atoms with Gasteiger partial charge in [-0.3, -0.25) is 14.9 Å². The highest BCUT2D eigenvalue weighted by Crippen LogP contribution is 2.43. The van der Waals surface area contributed by atoms with Gasteiger partial charge >= 0.3 is 12.1 Å². The number of carbonyl (C=O) groups is 4. The van der Waals surface area contributed by atoms with Crippen LogP contribution in [0.4, 0.5) is 10.5 Å². The fourth-order valence-electron chi connectivity index (χ4n) is 6.14. The van der Waals surface area contributed by atoms with E-state index in [1.165, 1.54) is 6.07 Å². The lowest BCUT2D eigenvalue weighted by Crippen LogP contribution is -2.57. The maximum Gasteiger partial charge on any atom is 0.412 e. The van der Waals surface area contributed by atoms with E-state index in [4.69, 9.17) is 16.3 Å². The molecule has 1 fully saturated rings. The molecule has 43 heavy (non-hydrogen) atoms. The van der Waals surface area contributed by atoms with E-state index in [0.717, 1.165) is 5.56 Å². The Kier molecular flexibility index (Phi) is 7.31. The lowest BCUT2D eigenvalue weighted by molar-refractivity contribution is -0.141. The number of amides is 3. The number of carboxylic acids is 1. The topological polar surface area (TPSA) is 141 Å². The predicted molar refractivity (Wildman–Crippen MR) is 160 cm³/mol. The van der Waals surface area contributed by atoms with Gasteiger partial charge in [-0.15, -0.1) is 0 Å². The van der Waals surface area contributed by atoms with Crippen molar-refractivity contribution in [3.05, 3.63) is 99.7 Å². The number of nitrogens with zero attached hydrogens (tertiary/aromatic N) is 1. The van der Waals surface area contributed by atoms with E-state index in [-0.39, 0.29) is 30.0 Å². The summed E-state index contributed by atoms with van der Waals surface area (Å²) >= 11 is 6.30. The highest BCUT2D eigenvalue weighted by molar-refractivity contribution is 6.30. The van der Waals surface area contributed by atoms with Gasteiger partial charge in [-0.25, -0.2) is 9.59 Å². The van der Waals surface area contributed by atoms with Gasteiger partial charge in [0.05, 0.1) is 17.8 Å². The second-order valence-electron chi connectivity index (χ2n) is 11.0. The van der Waals surface area contributed by atoms with Crippen molar-refractivity contribution in [2.45, 2.75) is 37.8 Å². The standard InChI is InChI=1S/C32H29ClN4O6/c1-18-27(30(40)41)22-15-20(8-10-24(22)34-18)28(38)35-26(14-19-6-3-2-4-7-19)29(39)37-13-5-12-32(17-37)23-16-21(33)9-11-25(23)36-31(42)43-32/h2-4,6-11,15-16,26,34H,5,12-14,17H2,1H3,(H,35,38)(H,36,42)(H,40,41)/t26-,32?/m0/s1. The first-order chi connectivity index (χ1) is 20.6. The number of benzene rings is 3. The fourth-order valence-corrected chi connectivity index (χ4v) is 6.31. The number of nitrogens with one attached hydrogen (secondary N) is 3. The second kappa shape index (κ2) is 11.1. The lowest BCUT2D eigenvalue weighted by Gasteiger charge is -2.45. The van der Waals surface area contributed by atoms with Crippen LogP contribution in [0, 0.1) is 6.92 Å². The maximum atomic E-state index is 14.2. The number of hydrogen-bond donors (Lipinski definition) is 4. The van der Waals surface area contributed by atoms with E-state index < -0.39 is 29.6 Å². The summed E-state index contributed by atoms with van der Waals surface area (Å²) in [7, 11) is 0. The van der Waals surface area contributed by atoms with Crippen LogP contribution in [-0.4, -0.2) is 58.0 Å². The highest BCUT2D eigenvalue weighted by Gasteiger charge is 2.47. The Balaban J connectivity index is 1.30. The van der Waals surface area contributed by atoms with Gasteiger partial charge < -0.3 is 25.0 Å². The van der Waals surface area contributed by atoms with Gasteiger partial charge in [0, 0.05) is 45.7 Å². The second-order valence-corrected chi connectivity index (χ2v) is 11.4. The largest absolute Gasteiger partial charge is 0.478 e. The molecule has 0 radical (unpaired) electrons. The molecule has 2 atom stereocenters. The number of aromatic carboxylic acids is 1. The number of aryl methyl sites for hydroxylation is 1. The first kappa shape index (κ1) is 28.3. The van der Waals surface area contributed by atoms with Crippen LogP contribution < -0.4 is 10.6 Å². The molecule has 2 aliphatic rings. The first-order valence-corrected chi connectivity index (χ1v) is 14.3. The predicted octanol–water partition coefficient (Wildman–Crippen LogP) is 5.25. The summed E-state index contributed by atoms with van der Waals surface area (Å²) in [6.07, 6.45) is 0.701. The van der Waals surface area contributed by atoms with Crippen molar-refractivity contribution in [3.63, 3.8) is 0 Å². The Labute approximate surface area is 252 Å². The minimum atomic E-state index is -1.10. The number of fused-ring (bicyclic) bond motifs is 3. The number of likely N-dealkylation sites (tertiary alicyclic amines) is 1. The Bertz CT molecular complexity index is 1770. The van der Waals surface area contributed by atoms with E-state index in [9.17, 15) is 24.3 Å². The fraction of sp³-hybridized carbons (Fsp3) is 0.250. The molecule has 1 unspecified atom stereocenters. The van der Waals surface area contributed by atoms with Crippen LogP contribution in [0.25, 0.3) is 10.9 Å². The van der Waals surface area contributed by atoms with Crippen LogP contribution in [0.15, 0.2) is 66.7 Å². The zero-order valence-corrected chi connectivity index (χ0v) is 24.0. The molecule has 3 aromatic carbocycles. The number of carboxylic acid groups (broad SMARTS) is 1. The summed E-state index contributed by atoms with van der Waals surface area (Å²) < 4.78 is 5.86. The van der Waals surface area contributed by atoms with Gasteiger partial charge in [-0.05, 0) is 61.7 Å². The van der Waals surface area contributed by atoms with Gasteiger partial charge in [0.15, 0.2) is 5.60 Å². The lowest BCUT2D eigenvalue weighted by atomic mass is 9.83. The number of rotatable bonds is 6. The van der Waals surface area contributed by atoms with Crippen molar-refractivity contribution in [1.29, 1.82) is 0 Å². The zero-order chi connectivity index (χ0) is 30.3. The van der Waals surface area contributed by atoms with Crippen LogP contribution in [0.5, 0.6) is 0 Å². The van der Waals surface area contributed by atoms with Crippen LogP contribution in [-0.2, 0) is 21.6 Å². The van der Waals surface area contributed by atoms with Gasteiger partial charge in [0.25, 0.3) is 5.91 Å². The number of aromatic amines is 1. The Morgan fingerprint density at radius 3 is 2.67 bits per heavy atom. The van der Waals surface area contributed by atoms with Gasteiger partial charge in [-0.2, -0.15) is 0 Å². The quantitative estimate of drug-likeness (QED) is 0.238. The van der Waals surface area contributed by atoms with Crippen molar-refractivity contribution >= 4 is 52.1 Å². The zero-order valence-electron chi connectivity index (χ0n) is 23.3. The van der Waals surface area contributed by atoms with Crippen molar-refractivity contribution in [2.24, 2.45) is 0 Å². The van der Waals surface area contributed by atoms with E-state index in [1.54, 1.807) is 42.2 Å². The number of aromatic nitrogens is 1. The van der Waals surface area contributed by atoms with Crippen LogP contribution >= 0.6 is 11.6 Å². The van der Waals surface area contributed by atoms with Crippen LogP contribution in [0.1, 0.15) is 50.4 Å². The van der Waals surface area contributed by atoms with E-state index in [1.807, 2.05) is 30.3 Å². The third kappa shape index (κ3) is 5.41. The molecule has 10 nitrogen and oxygen atoms in total. The van der Waals surface area contributed by atoms with E-state index >= 15 is 0 Å². The highest BCUT2D eigenvalue weighted by atomic mass is 35.5. The molecule has 1 spiro atoms. The van der Waals surface area contributed by atoms with Crippen LogP contribution in [0.2, 0.25) is 5.02 Å². The summed E-state index contributed by atoms with van der Waals surface area (Å²) in [5.74, 6) is -1.93. The molecule has 6 rings (SSSR count). The maximum absolute atomic E-state index is 14.2. The van der Waals surface area contributed by atoms with Gasteiger partial charge in [0.1, 0.15) is 6.04 Å². The Morgan fingerprint density at radius 1 is 1.12 bits per heavy atom. The van der Waals surface area contributed by atoms with E-state index in [2.05, 4.69) is 15.6 Å². The average Bonchev–Trinajstić information content (AvgIpc) is 3.32. The average molecular weight is 601 g/mol. The molecule has 220 valence electrons.